The molecule has 1 aromatic carbocycles. The summed E-state index contributed by atoms with van der Waals surface area (Å²) >= 11 is 0. The molecule has 82 valence electrons. The number of hydrogen-bond acceptors (Lipinski definition) is 3. The van der Waals surface area contributed by atoms with E-state index in [1.165, 1.54) is 0 Å². The fourth-order valence-corrected chi connectivity index (χ4v) is 1.05. The van der Waals surface area contributed by atoms with E-state index >= 15 is 0 Å². The fourth-order valence-electron chi connectivity index (χ4n) is 1.05. The van der Waals surface area contributed by atoms with Crippen LogP contribution in [-0.4, -0.2) is 17.7 Å². The SMILES string of the molecule is C=C(COc1cc(C#N)ccc1C)C(=O)O. The Morgan fingerprint density at radius 3 is 2.88 bits per heavy atom. The third-order valence-electron chi connectivity index (χ3n) is 2.02. The van der Waals surface area contributed by atoms with Crippen LogP contribution in [0.5, 0.6) is 5.75 Å². The topological polar surface area (TPSA) is 70.3 Å². The number of carboxylic acids is 1. The molecule has 0 atom stereocenters. The van der Waals surface area contributed by atoms with E-state index in [4.69, 9.17) is 15.1 Å². The van der Waals surface area contributed by atoms with Gasteiger partial charge in [-0.05, 0) is 24.6 Å². The molecular formula is C12H11NO3. The molecule has 1 aromatic rings. The molecule has 4 nitrogen and oxygen atoms in total. The van der Waals surface area contributed by atoms with Crippen LogP contribution < -0.4 is 4.74 Å². The first-order chi connectivity index (χ1) is 7.54. The Morgan fingerprint density at radius 1 is 1.62 bits per heavy atom. The third-order valence-corrected chi connectivity index (χ3v) is 2.02. The second kappa shape index (κ2) is 4.99. The second-order valence-corrected chi connectivity index (χ2v) is 3.29. The van der Waals surface area contributed by atoms with Crippen LogP contribution in [0.3, 0.4) is 0 Å². The lowest BCUT2D eigenvalue weighted by molar-refractivity contribution is -0.133. The first kappa shape index (κ1) is 11.8. The minimum absolute atomic E-state index is 0.0261. The number of benzene rings is 1. The fraction of sp³-hybridized carbons (Fsp3) is 0.167. The summed E-state index contributed by atoms with van der Waals surface area (Å²) in [7, 11) is 0. The maximum Gasteiger partial charge on any atom is 0.334 e. The molecule has 0 aromatic heterocycles. The van der Waals surface area contributed by atoms with Gasteiger partial charge in [0.25, 0.3) is 0 Å². The second-order valence-electron chi connectivity index (χ2n) is 3.29. The Hall–Kier alpha value is -2.28. The zero-order chi connectivity index (χ0) is 12.1. The van der Waals surface area contributed by atoms with Gasteiger partial charge in [-0.1, -0.05) is 12.6 Å². The minimum Gasteiger partial charge on any atom is -0.488 e. The molecule has 0 spiro atoms. The van der Waals surface area contributed by atoms with Crippen LogP contribution >= 0.6 is 0 Å². The highest BCUT2D eigenvalue weighted by atomic mass is 16.5. The Labute approximate surface area is 93.4 Å². The van der Waals surface area contributed by atoms with Gasteiger partial charge in [0.15, 0.2) is 0 Å². The van der Waals surface area contributed by atoms with E-state index in [0.29, 0.717) is 11.3 Å². The molecule has 1 rings (SSSR count). The molecule has 16 heavy (non-hydrogen) atoms. The van der Waals surface area contributed by atoms with E-state index in [0.717, 1.165) is 5.56 Å². The van der Waals surface area contributed by atoms with Crippen molar-refractivity contribution in [2.75, 3.05) is 6.61 Å². The van der Waals surface area contributed by atoms with Gasteiger partial charge in [-0.2, -0.15) is 5.26 Å². The summed E-state index contributed by atoms with van der Waals surface area (Å²) in [4.78, 5) is 10.5. The Bertz CT molecular complexity index is 472. The maximum atomic E-state index is 10.5. The third kappa shape index (κ3) is 2.85. The molecule has 0 saturated carbocycles. The molecule has 0 aliphatic carbocycles. The van der Waals surface area contributed by atoms with Gasteiger partial charge in [0.05, 0.1) is 17.2 Å². The van der Waals surface area contributed by atoms with Crippen molar-refractivity contribution in [1.82, 2.24) is 0 Å². The summed E-state index contributed by atoms with van der Waals surface area (Å²) in [5.74, 6) is -0.587. The number of rotatable bonds is 4. The van der Waals surface area contributed by atoms with Crippen LogP contribution in [0.25, 0.3) is 0 Å². The number of carboxylic acid groups (broad SMARTS) is 1. The van der Waals surface area contributed by atoms with Crippen molar-refractivity contribution >= 4 is 5.97 Å². The molecule has 0 aliphatic heterocycles. The number of carbonyl (C=O) groups is 1. The van der Waals surface area contributed by atoms with Crippen LogP contribution in [0.2, 0.25) is 0 Å². The Kier molecular flexibility index (Phi) is 3.67. The average molecular weight is 217 g/mol. The van der Waals surface area contributed by atoms with Crippen molar-refractivity contribution in [2.24, 2.45) is 0 Å². The van der Waals surface area contributed by atoms with E-state index < -0.39 is 5.97 Å². The molecule has 0 aliphatic rings. The van der Waals surface area contributed by atoms with Gasteiger partial charge in [-0.25, -0.2) is 4.79 Å². The van der Waals surface area contributed by atoms with Gasteiger partial charge in [0.1, 0.15) is 12.4 Å². The van der Waals surface area contributed by atoms with Crippen molar-refractivity contribution in [3.63, 3.8) is 0 Å². The quantitative estimate of drug-likeness (QED) is 0.782. The van der Waals surface area contributed by atoms with Crippen molar-refractivity contribution in [1.29, 1.82) is 5.26 Å². The smallest absolute Gasteiger partial charge is 0.334 e. The number of nitriles is 1. The van der Waals surface area contributed by atoms with Crippen molar-refractivity contribution in [2.45, 2.75) is 6.92 Å². The van der Waals surface area contributed by atoms with E-state index in [9.17, 15) is 4.79 Å². The normalized spacial score (nSPS) is 9.25. The summed E-state index contributed by atoms with van der Waals surface area (Å²) in [5.41, 5.74) is 1.29. The molecule has 0 saturated heterocycles. The predicted molar refractivity (Wildman–Crippen MR) is 58.2 cm³/mol. The first-order valence-electron chi connectivity index (χ1n) is 4.59. The van der Waals surface area contributed by atoms with Crippen LogP contribution in [0, 0.1) is 18.3 Å². The highest BCUT2D eigenvalue weighted by Crippen LogP contribution is 2.19. The highest BCUT2D eigenvalue weighted by Gasteiger charge is 2.06. The predicted octanol–water partition coefficient (Wildman–Crippen LogP) is 1.89. The van der Waals surface area contributed by atoms with Crippen molar-refractivity contribution in [3.8, 4) is 11.8 Å². The van der Waals surface area contributed by atoms with E-state index in [1.807, 2.05) is 13.0 Å². The first-order valence-corrected chi connectivity index (χ1v) is 4.59. The molecule has 0 radical (unpaired) electrons. The van der Waals surface area contributed by atoms with Crippen molar-refractivity contribution in [3.05, 3.63) is 41.5 Å². The summed E-state index contributed by atoms with van der Waals surface area (Å²) in [6, 6.07) is 6.98. The number of aryl methyl sites for hydroxylation is 1. The van der Waals surface area contributed by atoms with Gasteiger partial charge in [-0.3, -0.25) is 0 Å². The Balaban J connectivity index is 2.78. The van der Waals surface area contributed by atoms with Gasteiger partial charge < -0.3 is 9.84 Å². The van der Waals surface area contributed by atoms with Crippen LogP contribution in [-0.2, 0) is 4.79 Å². The van der Waals surface area contributed by atoms with E-state index in [1.54, 1.807) is 18.2 Å². The summed E-state index contributed by atoms with van der Waals surface area (Å²) in [6.45, 7) is 5.08. The number of ether oxygens (including phenoxy) is 1. The number of nitrogens with zero attached hydrogens (tertiary/aromatic N) is 1. The van der Waals surface area contributed by atoms with Crippen molar-refractivity contribution < 1.29 is 14.6 Å². The zero-order valence-electron chi connectivity index (χ0n) is 8.86. The largest absolute Gasteiger partial charge is 0.488 e. The number of aliphatic carboxylic acids is 1. The number of hydrogen-bond donors (Lipinski definition) is 1. The molecule has 0 fully saturated rings. The highest BCUT2D eigenvalue weighted by molar-refractivity contribution is 5.86. The van der Waals surface area contributed by atoms with Crippen LogP contribution in [0.4, 0.5) is 0 Å². The van der Waals surface area contributed by atoms with Crippen LogP contribution in [0.1, 0.15) is 11.1 Å². The minimum atomic E-state index is -1.09. The molecule has 1 N–H and O–H groups in total. The van der Waals surface area contributed by atoms with Crippen LogP contribution in [0.15, 0.2) is 30.4 Å². The van der Waals surface area contributed by atoms with Gasteiger partial charge in [0.2, 0.25) is 0 Å². The van der Waals surface area contributed by atoms with Gasteiger partial charge in [-0.15, -0.1) is 0 Å². The lowest BCUT2D eigenvalue weighted by Crippen LogP contribution is -2.09. The monoisotopic (exact) mass is 217 g/mol. The van der Waals surface area contributed by atoms with E-state index in [-0.39, 0.29) is 12.2 Å². The molecule has 4 heteroatoms. The summed E-state index contributed by atoms with van der Waals surface area (Å²) in [5, 5.41) is 17.3. The van der Waals surface area contributed by atoms with Gasteiger partial charge >= 0.3 is 5.97 Å². The molecule has 0 unspecified atom stereocenters. The molecular weight excluding hydrogens is 206 g/mol. The lowest BCUT2D eigenvalue weighted by Gasteiger charge is -2.08. The van der Waals surface area contributed by atoms with E-state index in [2.05, 4.69) is 6.58 Å². The summed E-state index contributed by atoms with van der Waals surface area (Å²) in [6.07, 6.45) is 0. The molecule has 0 heterocycles. The summed E-state index contributed by atoms with van der Waals surface area (Å²) < 4.78 is 5.27. The maximum absolute atomic E-state index is 10.5. The van der Waals surface area contributed by atoms with Gasteiger partial charge in [0, 0.05) is 0 Å². The average Bonchev–Trinajstić information content (AvgIpc) is 2.27. The molecule has 0 bridgehead atoms. The lowest BCUT2D eigenvalue weighted by atomic mass is 10.1. The zero-order valence-corrected chi connectivity index (χ0v) is 8.86. The Morgan fingerprint density at radius 2 is 2.31 bits per heavy atom. The molecule has 0 amide bonds. The standard InChI is InChI=1S/C12H11NO3/c1-8-3-4-10(6-13)5-11(8)16-7-9(2)12(14)15/h3-5H,2,7H2,1H3,(H,14,15).